The number of nitrogens with two attached hydrogens (primary N) is 1. The Morgan fingerprint density at radius 2 is 1.40 bits per heavy atom. The fourth-order valence-electron chi connectivity index (χ4n) is 7.23. The largest absolute Gasteiger partial charge is 0.347 e. The molecule has 17 nitrogen and oxygen atoms in total. The predicted octanol–water partition coefficient (Wildman–Crippen LogP) is 2.89. The van der Waals surface area contributed by atoms with E-state index in [1.54, 1.807) is 4.90 Å². The lowest BCUT2D eigenvalue weighted by Gasteiger charge is -2.39. The summed E-state index contributed by atoms with van der Waals surface area (Å²) in [5.41, 5.74) is 4.92. The van der Waals surface area contributed by atoms with E-state index in [4.69, 9.17) is 10.6 Å². The van der Waals surface area contributed by atoms with Gasteiger partial charge in [-0.3, -0.25) is 43.2 Å². The summed E-state index contributed by atoms with van der Waals surface area (Å²) in [6, 6.07) is -3.01. The maximum Gasteiger partial charge on any atom is 0.245 e. The Morgan fingerprint density at radius 1 is 0.800 bits per heavy atom. The molecule has 1 aliphatic heterocycles. The highest BCUT2D eigenvalue weighted by molar-refractivity contribution is 5.95. The van der Waals surface area contributed by atoms with Gasteiger partial charge in [-0.15, -0.1) is 0 Å². The molecular weight excluding hydrogens is 773 g/mol. The second kappa shape index (κ2) is 27.7. The average molecular weight is 851 g/mol. The van der Waals surface area contributed by atoms with Gasteiger partial charge in [-0.1, -0.05) is 48.0 Å². The molecule has 60 heavy (non-hydrogen) atoms. The van der Waals surface area contributed by atoms with Gasteiger partial charge in [0.05, 0.1) is 18.7 Å². The van der Waals surface area contributed by atoms with Crippen molar-refractivity contribution in [2.75, 3.05) is 39.3 Å². The molecule has 0 aliphatic carbocycles. The predicted molar refractivity (Wildman–Crippen MR) is 229 cm³/mol. The van der Waals surface area contributed by atoms with Crippen molar-refractivity contribution in [1.82, 2.24) is 35.7 Å². The van der Waals surface area contributed by atoms with Gasteiger partial charge >= 0.3 is 0 Å². The van der Waals surface area contributed by atoms with Crippen LogP contribution in [0.5, 0.6) is 0 Å². The van der Waals surface area contributed by atoms with Gasteiger partial charge in [0.15, 0.2) is 5.78 Å². The summed E-state index contributed by atoms with van der Waals surface area (Å²) in [5, 5.41) is 9.47. The van der Waals surface area contributed by atoms with Crippen LogP contribution in [-0.2, 0) is 43.2 Å². The van der Waals surface area contributed by atoms with Crippen molar-refractivity contribution in [2.24, 2.45) is 23.5 Å². The first-order valence-electron chi connectivity index (χ1n) is 21.9. The molecule has 1 aliphatic rings. The quantitative estimate of drug-likeness (QED) is 0.0470. The highest BCUT2D eigenvalue weighted by atomic mass is 16.7. The molecule has 1 fully saturated rings. The molecule has 0 radical (unpaired) electrons. The van der Waals surface area contributed by atoms with Gasteiger partial charge in [0, 0.05) is 33.0 Å². The van der Waals surface area contributed by atoms with Gasteiger partial charge in [0.1, 0.15) is 24.3 Å². The molecule has 1 saturated heterocycles. The van der Waals surface area contributed by atoms with Gasteiger partial charge in [0.25, 0.3) is 0 Å². The van der Waals surface area contributed by atoms with Crippen LogP contribution in [0.3, 0.4) is 0 Å². The SMILES string of the molecule is CC(=O)N1CCC[C@H]1N(C=O)[C@@H](CC(C)C)C(=O)N(CCCCN(C=O)OC(C)(C)C)CC(=O)N[C@@H](CC(C)C)C(=O)N[C@@H](CC(C)C)C(=O)NCC(=O)CCCCCN. The Balaban J connectivity index is 3.37. The van der Waals surface area contributed by atoms with Crippen LogP contribution in [0.1, 0.15) is 140 Å². The summed E-state index contributed by atoms with van der Waals surface area (Å²) >= 11 is 0. The molecule has 1 heterocycles. The molecule has 0 saturated carbocycles. The maximum atomic E-state index is 14.6. The minimum Gasteiger partial charge on any atom is -0.347 e. The molecule has 0 unspecified atom stereocenters. The number of amides is 7. The van der Waals surface area contributed by atoms with E-state index < -0.39 is 60.1 Å². The van der Waals surface area contributed by atoms with Crippen molar-refractivity contribution in [3.63, 3.8) is 0 Å². The van der Waals surface area contributed by atoms with Crippen molar-refractivity contribution in [2.45, 2.75) is 170 Å². The molecule has 0 aromatic heterocycles. The number of carbonyl (C=O) groups excluding carboxylic acids is 8. The van der Waals surface area contributed by atoms with Crippen molar-refractivity contribution in [3.05, 3.63) is 0 Å². The van der Waals surface area contributed by atoms with Crippen LogP contribution >= 0.6 is 0 Å². The summed E-state index contributed by atoms with van der Waals surface area (Å²) in [4.78, 5) is 115. The molecule has 17 heteroatoms. The Labute approximate surface area is 358 Å². The Morgan fingerprint density at radius 3 is 1.93 bits per heavy atom. The highest BCUT2D eigenvalue weighted by Gasteiger charge is 2.40. The zero-order valence-corrected chi connectivity index (χ0v) is 38.3. The molecule has 4 atom stereocenters. The zero-order valence-electron chi connectivity index (χ0n) is 38.3. The molecule has 7 amide bonds. The first kappa shape index (κ1) is 53.9. The van der Waals surface area contributed by atoms with Gasteiger partial charge < -0.3 is 36.4 Å². The van der Waals surface area contributed by atoms with Crippen LogP contribution in [0.15, 0.2) is 0 Å². The minimum atomic E-state index is -1.06. The van der Waals surface area contributed by atoms with Gasteiger partial charge in [-0.2, -0.15) is 0 Å². The normalized spacial score (nSPS) is 15.6. The van der Waals surface area contributed by atoms with Crippen molar-refractivity contribution in [3.8, 4) is 0 Å². The molecule has 0 bridgehead atoms. The Bertz CT molecular complexity index is 1390. The average Bonchev–Trinajstić information content (AvgIpc) is 3.64. The topological polar surface area (TPSA) is 221 Å². The third-order valence-corrected chi connectivity index (χ3v) is 9.96. The highest BCUT2D eigenvalue weighted by Crippen LogP contribution is 2.26. The second-order valence-corrected chi connectivity index (χ2v) is 18.2. The van der Waals surface area contributed by atoms with E-state index in [9.17, 15) is 38.4 Å². The van der Waals surface area contributed by atoms with E-state index in [0.29, 0.717) is 70.9 Å². The van der Waals surface area contributed by atoms with Crippen molar-refractivity contribution in [1.29, 1.82) is 0 Å². The first-order chi connectivity index (χ1) is 28.1. The number of likely N-dealkylation sites (tertiary alicyclic amines) is 1. The minimum absolute atomic E-state index is 0.0147. The standard InChI is InChI=1S/C43H78N8O9/c1-30(2)23-35(40(57)45-26-34(55)17-12-11-13-19-44)47-41(58)36(24-31(3)4)46-38(56)27-48(20-14-15-21-49(28-52)60-43(8,9)10)42(59)37(25-32(5)6)51(29-53)39-18-16-22-50(39)33(7)54/h28-32,35-37,39H,11-27,44H2,1-10H3,(H,45,57)(H,46,56)(H,47,58)/t35-,36-,37-,39+/m0/s1. The van der Waals surface area contributed by atoms with Gasteiger partial charge in [0.2, 0.25) is 42.4 Å². The van der Waals surface area contributed by atoms with Crippen LogP contribution in [0.4, 0.5) is 0 Å². The number of carbonyl (C=O) groups is 8. The van der Waals surface area contributed by atoms with E-state index in [-0.39, 0.29) is 61.9 Å². The number of unbranched alkanes of at least 4 members (excludes halogenated alkanes) is 3. The third kappa shape index (κ3) is 20.9. The lowest BCUT2D eigenvalue weighted by Crippen LogP contribution is -2.58. The van der Waals surface area contributed by atoms with Gasteiger partial charge in [-0.05, 0) is 103 Å². The monoisotopic (exact) mass is 851 g/mol. The lowest BCUT2D eigenvalue weighted by atomic mass is 9.99. The van der Waals surface area contributed by atoms with E-state index in [1.165, 1.54) is 21.8 Å². The fourth-order valence-corrected chi connectivity index (χ4v) is 7.23. The summed E-state index contributed by atoms with van der Waals surface area (Å²) < 4.78 is 0. The number of Topliss-reactive ketones (excluding diaryl/α,β-unsaturated/α-hetero) is 1. The van der Waals surface area contributed by atoms with Crippen molar-refractivity contribution < 1.29 is 43.2 Å². The van der Waals surface area contributed by atoms with Crippen LogP contribution in [0, 0.1) is 17.8 Å². The molecule has 0 aromatic rings. The third-order valence-electron chi connectivity index (χ3n) is 9.96. The lowest BCUT2D eigenvalue weighted by molar-refractivity contribution is -0.216. The molecule has 0 aromatic carbocycles. The first-order valence-corrected chi connectivity index (χ1v) is 21.9. The summed E-state index contributed by atoms with van der Waals surface area (Å²) in [6.07, 6.45) is 5.96. The maximum absolute atomic E-state index is 14.6. The van der Waals surface area contributed by atoms with Gasteiger partial charge in [-0.25, -0.2) is 5.06 Å². The number of hydroxylamine groups is 2. The number of hydrogen-bond donors (Lipinski definition) is 4. The number of rotatable bonds is 30. The van der Waals surface area contributed by atoms with E-state index >= 15 is 0 Å². The molecule has 0 spiro atoms. The van der Waals surface area contributed by atoms with Crippen LogP contribution in [0.2, 0.25) is 0 Å². The number of hydrogen-bond acceptors (Lipinski definition) is 10. The van der Waals surface area contributed by atoms with Crippen molar-refractivity contribution >= 4 is 48.1 Å². The zero-order chi connectivity index (χ0) is 45.6. The smallest absolute Gasteiger partial charge is 0.245 e. The summed E-state index contributed by atoms with van der Waals surface area (Å²) in [6.45, 7) is 19.0. The van der Waals surface area contributed by atoms with Crippen LogP contribution < -0.4 is 21.7 Å². The van der Waals surface area contributed by atoms with Crippen LogP contribution in [-0.4, -0.2) is 137 Å². The van der Waals surface area contributed by atoms with E-state index in [1.807, 2.05) is 62.3 Å². The Hall–Kier alpha value is -4.12. The fraction of sp³-hybridized carbons (Fsp3) is 0.814. The summed E-state index contributed by atoms with van der Waals surface area (Å²) in [7, 11) is 0. The molecular formula is C43H78N8O9. The summed E-state index contributed by atoms with van der Waals surface area (Å²) in [5.74, 6) is -2.57. The van der Waals surface area contributed by atoms with E-state index in [2.05, 4.69) is 16.0 Å². The Kier molecular flexibility index (Phi) is 24.9. The number of nitrogens with zero attached hydrogens (tertiary/aromatic N) is 4. The molecule has 344 valence electrons. The number of ketones is 1. The molecule has 1 rings (SSSR count). The van der Waals surface area contributed by atoms with E-state index in [0.717, 1.165) is 12.8 Å². The van der Waals surface area contributed by atoms with Crippen LogP contribution in [0.25, 0.3) is 0 Å². The molecule has 5 N–H and O–H groups in total. The number of nitrogens with one attached hydrogen (secondary N) is 3. The second-order valence-electron chi connectivity index (χ2n) is 18.2.